The Bertz CT molecular complexity index is 652. The van der Waals surface area contributed by atoms with Gasteiger partial charge < -0.3 is 19.9 Å². The molecule has 0 radical (unpaired) electrons. The third-order valence-electron chi connectivity index (χ3n) is 4.11. The van der Waals surface area contributed by atoms with E-state index in [2.05, 4.69) is 5.32 Å². The normalized spacial score (nSPS) is 20.5. The standard InChI is InChI=1S/C16H19ClN2O5/c17-10-7-13-14(24-6-2-5-23-13)8-11(10)18-15(20)9-19-4-1-3-12(19)16(21)22/h7-8,12H,1-6,9H2,(H,18,20)(H,21,22). The van der Waals surface area contributed by atoms with Crippen LogP contribution in [0.25, 0.3) is 0 Å². The molecular formula is C16H19ClN2O5. The molecule has 1 unspecified atom stereocenters. The summed E-state index contributed by atoms with van der Waals surface area (Å²) >= 11 is 6.20. The van der Waals surface area contributed by atoms with Crippen LogP contribution in [-0.4, -0.2) is 54.2 Å². The van der Waals surface area contributed by atoms with Crippen molar-refractivity contribution in [1.82, 2.24) is 4.90 Å². The number of aliphatic carboxylic acids is 1. The number of carboxylic acid groups (broad SMARTS) is 1. The quantitative estimate of drug-likeness (QED) is 0.859. The first kappa shape index (κ1) is 16.9. The van der Waals surface area contributed by atoms with E-state index in [0.29, 0.717) is 48.4 Å². The molecule has 0 saturated carbocycles. The molecule has 1 saturated heterocycles. The highest BCUT2D eigenvalue weighted by atomic mass is 35.5. The zero-order chi connectivity index (χ0) is 17.1. The van der Waals surface area contributed by atoms with Crippen molar-refractivity contribution in [2.75, 3.05) is 31.6 Å². The monoisotopic (exact) mass is 354 g/mol. The topological polar surface area (TPSA) is 88.1 Å². The number of anilines is 1. The van der Waals surface area contributed by atoms with Gasteiger partial charge in [0.05, 0.1) is 30.5 Å². The highest BCUT2D eigenvalue weighted by Crippen LogP contribution is 2.37. The molecule has 7 nitrogen and oxygen atoms in total. The van der Waals surface area contributed by atoms with Gasteiger partial charge in [0, 0.05) is 18.6 Å². The van der Waals surface area contributed by atoms with Crippen LogP contribution in [0.4, 0.5) is 5.69 Å². The Morgan fingerprint density at radius 3 is 2.67 bits per heavy atom. The second-order valence-electron chi connectivity index (χ2n) is 5.84. The molecule has 130 valence electrons. The van der Waals surface area contributed by atoms with Gasteiger partial charge in [-0.25, -0.2) is 0 Å². The number of likely N-dealkylation sites (tertiary alicyclic amines) is 1. The van der Waals surface area contributed by atoms with Crippen LogP contribution in [0.5, 0.6) is 11.5 Å². The molecule has 2 aliphatic heterocycles. The number of hydrogen-bond donors (Lipinski definition) is 2. The van der Waals surface area contributed by atoms with Crippen molar-refractivity contribution in [2.45, 2.75) is 25.3 Å². The smallest absolute Gasteiger partial charge is 0.320 e. The third kappa shape index (κ3) is 3.73. The molecule has 1 atom stereocenters. The number of carbonyl (C=O) groups is 2. The lowest BCUT2D eigenvalue weighted by molar-refractivity contribution is -0.142. The lowest BCUT2D eigenvalue weighted by atomic mass is 10.2. The number of ether oxygens (including phenoxy) is 2. The third-order valence-corrected chi connectivity index (χ3v) is 4.42. The van der Waals surface area contributed by atoms with Crippen molar-refractivity contribution in [3.8, 4) is 11.5 Å². The first-order valence-corrected chi connectivity index (χ1v) is 8.28. The molecule has 24 heavy (non-hydrogen) atoms. The predicted molar refractivity (Wildman–Crippen MR) is 87.9 cm³/mol. The second-order valence-corrected chi connectivity index (χ2v) is 6.25. The number of carbonyl (C=O) groups excluding carboxylic acids is 1. The van der Waals surface area contributed by atoms with E-state index < -0.39 is 12.0 Å². The Morgan fingerprint density at radius 2 is 1.96 bits per heavy atom. The highest BCUT2D eigenvalue weighted by molar-refractivity contribution is 6.34. The SMILES string of the molecule is O=C(CN1CCCC1C(=O)O)Nc1cc2c(cc1Cl)OCCCO2. The van der Waals surface area contributed by atoms with Crippen LogP contribution in [0.1, 0.15) is 19.3 Å². The van der Waals surface area contributed by atoms with Crippen molar-refractivity contribution < 1.29 is 24.2 Å². The average Bonchev–Trinajstić information content (AvgIpc) is 2.87. The van der Waals surface area contributed by atoms with E-state index in [9.17, 15) is 9.59 Å². The maximum atomic E-state index is 12.2. The zero-order valence-electron chi connectivity index (χ0n) is 13.1. The fraction of sp³-hybridized carbons (Fsp3) is 0.500. The van der Waals surface area contributed by atoms with Crippen LogP contribution >= 0.6 is 11.6 Å². The molecule has 1 fully saturated rings. The Kier molecular flexibility index (Phi) is 5.11. The summed E-state index contributed by atoms with van der Waals surface area (Å²) in [6, 6.07) is 2.66. The van der Waals surface area contributed by atoms with Crippen LogP contribution < -0.4 is 14.8 Å². The number of nitrogens with zero attached hydrogens (tertiary/aromatic N) is 1. The molecular weight excluding hydrogens is 336 g/mol. The number of fused-ring (bicyclic) bond motifs is 1. The summed E-state index contributed by atoms with van der Waals surface area (Å²) in [6.07, 6.45) is 2.11. The fourth-order valence-corrected chi connectivity index (χ4v) is 3.15. The average molecular weight is 355 g/mol. The maximum absolute atomic E-state index is 12.2. The van der Waals surface area contributed by atoms with Gasteiger partial charge >= 0.3 is 5.97 Å². The summed E-state index contributed by atoms with van der Waals surface area (Å²) in [5.74, 6) is -0.105. The fourth-order valence-electron chi connectivity index (χ4n) is 2.95. The largest absolute Gasteiger partial charge is 0.490 e. The lowest BCUT2D eigenvalue weighted by Gasteiger charge is -2.20. The van der Waals surface area contributed by atoms with E-state index in [1.165, 1.54) is 0 Å². The number of halogens is 1. The molecule has 0 aromatic heterocycles. The van der Waals surface area contributed by atoms with Crippen LogP contribution in [0, 0.1) is 0 Å². The van der Waals surface area contributed by atoms with E-state index in [-0.39, 0.29) is 12.5 Å². The van der Waals surface area contributed by atoms with E-state index in [0.717, 1.165) is 12.8 Å². The number of carboxylic acids is 1. The van der Waals surface area contributed by atoms with Crippen molar-refractivity contribution >= 4 is 29.2 Å². The van der Waals surface area contributed by atoms with Crippen LogP contribution in [0.15, 0.2) is 12.1 Å². The van der Waals surface area contributed by atoms with Gasteiger partial charge in [0.2, 0.25) is 5.91 Å². The van der Waals surface area contributed by atoms with Gasteiger partial charge in [0.1, 0.15) is 6.04 Å². The molecule has 2 heterocycles. The van der Waals surface area contributed by atoms with Crippen LogP contribution in [0.2, 0.25) is 5.02 Å². The van der Waals surface area contributed by atoms with E-state index in [1.54, 1.807) is 17.0 Å². The maximum Gasteiger partial charge on any atom is 0.320 e. The van der Waals surface area contributed by atoms with Crippen molar-refractivity contribution in [2.24, 2.45) is 0 Å². The minimum Gasteiger partial charge on any atom is -0.490 e. The number of amides is 1. The molecule has 0 aliphatic carbocycles. The lowest BCUT2D eigenvalue weighted by Crippen LogP contribution is -2.40. The Balaban J connectivity index is 1.68. The number of hydrogen-bond acceptors (Lipinski definition) is 5. The molecule has 1 amide bonds. The summed E-state index contributed by atoms with van der Waals surface area (Å²) in [4.78, 5) is 25.1. The summed E-state index contributed by atoms with van der Waals surface area (Å²) in [7, 11) is 0. The second kappa shape index (κ2) is 7.27. The van der Waals surface area contributed by atoms with Crippen molar-refractivity contribution in [3.63, 3.8) is 0 Å². The number of nitrogens with one attached hydrogen (secondary N) is 1. The van der Waals surface area contributed by atoms with Gasteiger partial charge in [-0.15, -0.1) is 0 Å². The zero-order valence-corrected chi connectivity index (χ0v) is 13.8. The Morgan fingerprint density at radius 1 is 1.25 bits per heavy atom. The minimum atomic E-state index is -0.895. The molecule has 2 aliphatic rings. The summed E-state index contributed by atoms with van der Waals surface area (Å²) in [6.45, 7) is 1.71. The summed E-state index contributed by atoms with van der Waals surface area (Å²) in [5, 5.41) is 12.2. The van der Waals surface area contributed by atoms with Gasteiger partial charge in [-0.3, -0.25) is 14.5 Å². The van der Waals surface area contributed by atoms with E-state index >= 15 is 0 Å². The molecule has 2 N–H and O–H groups in total. The van der Waals surface area contributed by atoms with Crippen LogP contribution in [-0.2, 0) is 9.59 Å². The van der Waals surface area contributed by atoms with Gasteiger partial charge in [-0.2, -0.15) is 0 Å². The highest BCUT2D eigenvalue weighted by Gasteiger charge is 2.31. The van der Waals surface area contributed by atoms with E-state index in [1.807, 2.05) is 0 Å². The molecule has 0 spiro atoms. The minimum absolute atomic E-state index is 0.0156. The van der Waals surface area contributed by atoms with Crippen LogP contribution in [0.3, 0.4) is 0 Å². The predicted octanol–water partition coefficient (Wildman–Crippen LogP) is 1.99. The summed E-state index contributed by atoms with van der Waals surface area (Å²) < 4.78 is 11.1. The van der Waals surface area contributed by atoms with Gasteiger partial charge in [0.15, 0.2) is 11.5 Å². The van der Waals surface area contributed by atoms with Crippen molar-refractivity contribution in [1.29, 1.82) is 0 Å². The Hall–Kier alpha value is -1.99. The van der Waals surface area contributed by atoms with Gasteiger partial charge in [-0.1, -0.05) is 11.6 Å². The van der Waals surface area contributed by atoms with E-state index in [4.69, 9.17) is 26.2 Å². The first-order chi connectivity index (χ1) is 11.5. The molecule has 1 aromatic rings. The van der Waals surface area contributed by atoms with Gasteiger partial charge in [-0.05, 0) is 19.4 Å². The number of rotatable bonds is 4. The van der Waals surface area contributed by atoms with Gasteiger partial charge in [0.25, 0.3) is 0 Å². The molecule has 0 bridgehead atoms. The van der Waals surface area contributed by atoms with Crippen molar-refractivity contribution in [3.05, 3.63) is 17.2 Å². The molecule has 1 aromatic carbocycles. The first-order valence-electron chi connectivity index (χ1n) is 7.90. The summed E-state index contributed by atoms with van der Waals surface area (Å²) in [5.41, 5.74) is 0.428. The molecule has 3 rings (SSSR count). The number of benzene rings is 1. The Labute approximate surface area is 144 Å². The molecule has 8 heteroatoms.